The molecule has 1 saturated heterocycles. The van der Waals surface area contributed by atoms with Gasteiger partial charge in [-0.15, -0.1) is 0 Å². The standard InChI is InChI=1S/C29H28ClNO3/c1-19(20-6-11-27-22(16-20)17-21-4-2-3-5-26(21)27)28-18-32-29(34-33-28)14-12-25(13-15-29)31-24-9-7-23(30)8-10-24/h2-11,16,25,28,31H,1,12-15,17-18H2. The van der Waals surface area contributed by atoms with Crippen LogP contribution in [-0.2, 0) is 20.9 Å². The van der Waals surface area contributed by atoms with Crippen LogP contribution in [0.1, 0.15) is 42.4 Å². The number of rotatable bonds is 4. The van der Waals surface area contributed by atoms with Crippen LogP contribution < -0.4 is 5.32 Å². The van der Waals surface area contributed by atoms with Crippen LogP contribution in [0.4, 0.5) is 5.69 Å². The van der Waals surface area contributed by atoms with Gasteiger partial charge < -0.3 is 10.1 Å². The monoisotopic (exact) mass is 473 g/mol. The highest BCUT2D eigenvalue weighted by Crippen LogP contribution is 2.41. The van der Waals surface area contributed by atoms with Crippen molar-refractivity contribution in [3.63, 3.8) is 0 Å². The molecule has 2 aliphatic carbocycles. The Kier molecular flexibility index (Phi) is 5.70. The number of anilines is 1. The number of halogens is 1. The van der Waals surface area contributed by atoms with E-state index < -0.39 is 5.79 Å². The van der Waals surface area contributed by atoms with E-state index in [1.165, 1.54) is 22.3 Å². The molecule has 1 aliphatic heterocycles. The summed E-state index contributed by atoms with van der Waals surface area (Å²) in [4.78, 5) is 11.8. The Morgan fingerprint density at radius 2 is 1.71 bits per heavy atom. The summed E-state index contributed by atoms with van der Waals surface area (Å²) in [5, 5.41) is 4.33. The van der Waals surface area contributed by atoms with Gasteiger partial charge in [-0.1, -0.05) is 60.6 Å². The van der Waals surface area contributed by atoms with Gasteiger partial charge in [0.1, 0.15) is 6.10 Å². The molecule has 1 unspecified atom stereocenters. The summed E-state index contributed by atoms with van der Waals surface area (Å²) in [6.45, 7) is 4.77. The topological polar surface area (TPSA) is 39.7 Å². The molecule has 0 radical (unpaired) electrons. The van der Waals surface area contributed by atoms with E-state index >= 15 is 0 Å². The molecule has 1 spiro atoms. The first-order valence-electron chi connectivity index (χ1n) is 12.0. The molecule has 4 nitrogen and oxygen atoms in total. The Balaban J connectivity index is 1.05. The first kappa shape index (κ1) is 21.9. The Hall–Kier alpha value is -2.63. The summed E-state index contributed by atoms with van der Waals surface area (Å²) < 4.78 is 6.27. The predicted octanol–water partition coefficient (Wildman–Crippen LogP) is 7.02. The molecule has 1 N–H and O–H groups in total. The fraction of sp³-hybridized carbons (Fsp3) is 0.310. The highest BCUT2D eigenvalue weighted by atomic mass is 35.5. The second-order valence-electron chi connectivity index (χ2n) is 9.55. The summed E-state index contributed by atoms with van der Waals surface area (Å²) in [7, 11) is 0. The van der Waals surface area contributed by atoms with Crippen LogP contribution in [0, 0.1) is 0 Å². The van der Waals surface area contributed by atoms with Crippen LogP contribution in [0.15, 0.2) is 73.3 Å². The van der Waals surface area contributed by atoms with Crippen LogP contribution in [0.2, 0.25) is 5.02 Å². The van der Waals surface area contributed by atoms with Gasteiger partial charge in [0.15, 0.2) is 0 Å². The maximum atomic E-state index is 6.27. The Morgan fingerprint density at radius 3 is 2.47 bits per heavy atom. The third-order valence-corrected chi connectivity index (χ3v) is 7.58. The van der Waals surface area contributed by atoms with Crippen LogP contribution in [0.3, 0.4) is 0 Å². The zero-order valence-corrected chi connectivity index (χ0v) is 19.8. The van der Waals surface area contributed by atoms with E-state index in [2.05, 4.69) is 54.4 Å². The predicted molar refractivity (Wildman–Crippen MR) is 136 cm³/mol. The van der Waals surface area contributed by atoms with E-state index in [-0.39, 0.29) is 6.10 Å². The van der Waals surface area contributed by atoms with Gasteiger partial charge in [0.05, 0.1) is 6.61 Å². The van der Waals surface area contributed by atoms with Gasteiger partial charge >= 0.3 is 0 Å². The smallest absolute Gasteiger partial charge is 0.201 e. The van der Waals surface area contributed by atoms with Crippen molar-refractivity contribution >= 4 is 22.9 Å². The van der Waals surface area contributed by atoms with Gasteiger partial charge in [0.2, 0.25) is 5.79 Å². The molecule has 1 saturated carbocycles. The minimum atomic E-state index is -0.658. The molecule has 1 atom stereocenters. The lowest BCUT2D eigenvalue weighted by atomic mass is 9.89. The SMILES string of the molecule is C=C(c1ccc2c(c1)Cc1ccccc1-2)C1COC2(CCC(Nc3ccc(Cl)cc3)CC2)OO1. The average Bonchev–Trinajstić information content (AvgIpc) is 3.25. The third kappa shape index (κ3) is 4.16. The molecule has 0 aromatic heterocycles. The summed E-state index contributed by atoms with van der Waals surface area (Å²) in [6, 6.07) is 23.4. The van der Waals surface area contributed by atoms with Crippen molar-refractivity contribution in [2.75, 3.05) is 11.9 Å². The molecule has 34 heavy (non-hydrogen) atoms. The zero-order chi connectivity index (χ0) is 23.1. The summed E-state index contributed by atoms with van der Waals surface area (Å²) in [5.74, 6) is -0.658. The molecule has 3 aromatic carbocycles. The first-order valence-corrected chi connectivity index (χ1v) is 12.4. The van der Waals surface area contributed by atoms with E-state index in [1.54, 1.807) is 0 Å². The fourth-order valence-corrected chi connectivity index (χ4v) is 5.45. The third-order valence-electron chi connectivity index (χ3n) is 7.33. The maximum Gasteiger partial charge on any atom is 0.201 e. The van der Waals surface area contributed by atoms with Crippen LogP contribution >= 0.6 is 11.6 Å². The highest BCUT2D eigenvalue weighted by molar-refractivity contribution is 6.30. The quantitative estimate of drug-likeness (QED) is 0.323. The first-order chi connectivity index (χ1) is 16.6. The van der Waals surface area contributed by atoms with Gasteiger partial charge in [-0.3, -0.25) is 0 Å². The van der Waals surface area contributed by atoms with E-state index in [4.69, 9.17) is 26.1 Å². The van der Waals surface area contributed by atoms with Crippen molar-refractivity contribution < 1.29 is 14.5 Å². The van der Waals surface area contributed by atoms with E-state index in [9.17, 15) is 0 Å². The van der Waals surface area contributed by atoms with E-state index in [0.29, 0.717) is 12.6 Å². The number of fused-ring (bicyclic) bond motifs is 3. The summed E-state index contributed by atoms with van der Waals surface area (Å²) in [5.41, 5.74) is 8.41. The van der Waals surface area contributed by atoms with E-state index in [0.717, 1.165) is 54.0 Å². The van der Waals surface area contributed by atoms with Crippen molar-refractivity contribution in [3.8, 4) is 11.1 Å². The lowest BCUT2D eigenvalue weighted by molar-refractivity contribution is -0.483. The molecule has 174 valence electrons. The van der Waals surface area contributed by atoms with Gasteiger partial charge in [0, 0.05) is 29.6 Å². The molecule has 6 rings (SSSR count). The van der Waals surface area contributed by atoms with Crippen molar-refractivity contribution in [1.29, 1.82) is 0 Å². The lowest BCUT2D eigenvalue weighted by Crippen LogP contribution is -2.49. The molecule has 3 aromatic rings. The second-order valence-corrected chi connectivity index (χ2v) is 9.98. The second kappa shape index (κ2) is 8.86. The minimum Gasteiger partial charge on any atom is -0.382 e. The summed E-state index contributed by atoms with van der Waals surface area (Å²) in [6.07, 6.45) is 4.12. The van der Waals surface area contributed by atoms with Crippen LogP contribution in [0.5, 0.6) is 0 Å². The zero-order valence-electron chi connectivity index (χ0n) is 19.1. The van der Waals surface area contributed by atoms with Crippen molar-refractivity contribution in [1.82, 2.24) is 0 Å². The Morgan fingerprint density at radius 1 is 0.941 bits per heavy atom. The van der Waals surface area contributed by atoms with E-state index in [1.807, 2.05) is 24.3 Å². The molecule has 2 fully saturated rings. The van der Waals surface area contributed by atoms with Gasteiger partial charge in [0.25, 0.3) is 0 Å². The Labute approximate surface area is 205 Å². The molecule has 5 heteroatoms. The number of benzene rings is 3. The molecular formula is C29H28ClNO3. The van der Waals surface area contributed by atoms with Crippen LogP contribution in [0.25, 0.3) is 16.7 Å². The largest absolute Gasteiger partial charge is 0.382 e. The maximum absolute atomic E-state index is 6.27. The fourth-order valence-electron chi connectivity index (χ4n) is 5.33. The van der Waals surface area contributed by atoms with Gasteiger partial charge in [-0.05, 0) is 76.9 Å². The van der Waals surface area contributed by atoms with Crippen molar-refractivity contribution in [2.45, 2.75) is 50.0 Å². The van der Waals surface area contributed by atoms with Crippen molar-refractivity contribution in [3.05, 3.63) is 95.0 Å². The number of nitrogens with one attached hydrogen (secondary N) is 1. The van der Waals surface area contributed by atoms with Crippen LogP contribution in [-0.4, -0.2) is 24.5 Å². The normalized spacial score (nSPS) is 25.6. The molecule has 3 aliphatic rings. The van der Waals surface area contributed by atoms with Crippen molar-refractivity contribution in [2.24, 2.45) is 0 Å². The number of hydrogen-bond acceptors (Lipinski definition) is 4. The lowest BCUT2D eigenvalue weighted by Gasteiger charge is -2.43. The molecule has 1 heterocycles. The molecular weight excluding hydrogens is 446 g/mol. The Bertz CT molecular complexity index is 1200. The summed E-state index contributed by atoms with van der Waals surface area (Å²) >= 11 is 5.99. The molecule has 0 amide bonds. The average molecular weight is 474 g/mol. The number of ether oxygens (including phenoxy) is 1. The molecule has 0 bridgehead atoms. The van der Waals surface area contributed by atoms with Gasteiger partial charge in [-0.2, -0.15) is 0 Å². The van der Waals surface area contributed by atoms with Gasteiger partial charge in [-0.25, -0.2) is 9.78 Å². The number of hydrogen-bond donors (Lipinski definition) is 1. The highest BCUT2D eigenvalue weighted by Gasteiger charge is 2.43. The minimum absolute atomic E-state index is 0.308.